The second-order valence-electron chi connectivity index (χ2n) is 5.34. The van der Waals surface area contributed by atoms with Gasteiger partial charge in [-0.05, 0) is 73.2 Å². The van der Waals surface area contributed by atoms with Gasteiger partial charge in [-0.25, -0.2) is 13.2 Å². The van der Waals surface area contributed by atoms with E-state index in [1.54, 1.807) is 0 Å². The van der Waals surface area contributed by atoms with Crippen molar-refractivity contribution in [3.63, 3.8) is 0 Å². The monoisotopic (exact) mass is 356 g/mol. The van der Waals surface area contributed by atoms with Crippen LogP contribution in [-0.4, -0.2) is 0 Å². The van der Waals surface area contributed by atoms with Gasteiger partial charge in [-0.15, -0.1) is 0 Å². The molecule has 2 rings (SSSR count). The van der Waals surface area contributed by atoms with Crippen molar-refractivity contribution >= 4 is 15.9 Å². The Kier molecular flexibility index (Phi) is 4.47. The summed E-state index contributed by atoms with van der Waals surface area (Å²) in [4.78, 5) is -0.388. The third kappa shape index (κ3) is 2.86. The van der Waals surface area contributed by atoms with Crippen LogP contribution in [0.4, 0.5) is 13.2 Å². The lowest BCUT2D eigenvalue weighted by atomic mass is 9.90. The van der Waals surface area contributed by atoms with Crippen molar-refractivity contribution < 1.29 is 13.2 Å². The van der Waals surface area contributed by atoms with Crippen LogP contribution in [0.2, 0.25) is 0 Å². The summed E-state index contributed by atoms with van der Waals surface area (Å²) in [6, 6.07) is 4.16. The number of halogens is 4. The molecule has 0 saturated carbocycles. The molecule has 0 amide bonds. The summed E-state index contributed by atoms with van der Waals surface area (Å²) in [7, 11) is 0. The van der Waals surface area contributed by atoms with Gasteiger partial charge in [0, 0.05) is 0 Å². The Morgan fingerprint density at radius 1 is 0.810 bits per heavy atom. The first-order chi connectivity index (χ1) is 9.73. The highest BCUT2D eigenvalue weighted by atomic mass is 79.9. The SMILES string of the molecule is Cc1cc(C)c(C)c(C(Br)c2cc(F)c(F)c(F)c2)c1C. The Morgan fingerprint density at radius 2 is 1.24 bits per heavy atom. The lowest BCUT2D eigenvalue weighted by molar-refractivity contribution is 0.445. The van der Waals surface area contributed by atoms with Crippen LogP contribution in [0.3, 0.4) is 0 Å². The molecule has 0 aliphatic carbocycles. The van der Waals surface area contributed by atoms with Gasteiger partial charge in [0.25, 0.3) is 0 Å². The Bertz CT molecular complexity index is 658. The maximum Gasteiger partial charge on any atom is 0.194 e. The predicted octanol–water partition coefficient (Wildman–Crippen LogP) is 5.82. The fourth-order valence-corrected chi connectivity index (χ4v) is 3.47. The van der Waals surface area contributed by atoms with E-state index in [1.807, 2.05) is 27.7 Å². The molecule has 1 atom stereocenters. The highest BCUT2D eigenvalue weighted by Crippen LogP contribution is 2.38. The number of hydrogen-bond donors (Lipinski definition) is 0. The summed E-state index contributed by atoms with van der Waals surface area (Å²) in [5.41, 5.74) is 5.68. The van der Waals surface area contributed by atoms with Gasteiger partial charge in [0.2, 0.25) is 0 Å². The lowest BCUT2D eigenvalue weighted by Gasteiger charge is -2.20. The van der Waals surface area contributed by atoms with Gasteiger partial charge in [0.05, 0.1) is 4.83 Å². The minimum absolute atomic E-state index is 0.364. The molecule has 0 aliphatic heterocycles. The van der Waals surface area contributed by atoms with Crippen molar-refractivity contribution in [3.8, 4) is 0 Å². The first-order valence-electron chi connectivity index (χ1n) is 6.59. The van der Waals surface area contributed by atoms with Gasteiger partial charge in [0.15, 0.2) is 17.5 Å². The van der Waals surface area contributed by atoms with E-state index >= 15 is 0 Å². The first kappa shape index (κ1) is 16.1. The molecule has 0 heterocycles. The smallest absolute Gasteiger partial charge is 0.194 e. The van der Waals surface area contributed by atoms with Gasteiger partial charge in [-0.2, -0.15) is 0 Å². The highest BCUT2D eigenvalue weighted by Gasteiger charge is 2.21. The van der Waals surface area contributed by atoms with Crippen molar-refractivity contribution in [2.24, 2.45) is 0 Å². The molecule has 0 aliphatic rings. The molecule has 0 N–H and O–H groups in total. The molecule has 0 bridgehead atoms. The van der Waals surface area contributed by atoms with Crippen LogP contribution in [0.15, 0.2) is 18.2 Å². The second-order valence-corrected chi connectivity index (χ2v) is 6.25. The molecule has 1 unspecified atom stereocenters. The normalized spacial score (nSPS) is 12.6. The molecule has 0 spiro atoms. The minimum atomic E-state index is -1.44. The maximum atomic E-state index is 13.4. The molecule has 0 radical (unpaired) electrons. The standard InChI is InChI=1S/C17H16BrF3/c1-8-5-9(2)11(4)15(10(8)3)16(18)12-6-13(19)17(21)14(20)7-12/h5-7,16H,1-4H3. The molecule has 2 aromatic rings. The number of benzene rings is 2. The molecular formula is C17H16BrF3. The van der Waals surface area contributed by atoms with Crippen molar-refractivity contribution in [2.45, 2.75) is 32.5 Å². The average molecular weight is 357 g/mol. The van der Waals surface area contributed by atoms with Crippen LogP contribution in [0.5, 0.6) is 0 Å². The lowest BCUT2D eigenvalue weighted by Crippen LogP contribution is -2.05. The van der Waals surface area contributed by atoms with E-state index in [0.717, 1.165) is 39.9 Å². The van der Waals surface area contributed by atoms with Gasteiger partial charge < -0.3 is 0 Å². The first-order valence-corrected chi connectivity index (χ1v) is 7.51. The van der Waals surface area contributed by atoms with Gasteiger partial charge in [0.1, 0.15) is 0 Å². The zero-order valence-electron chi connectivity index (χ0n) is 12.3. The molecule has 21 heavy (non-hydrogen) atoms. The summed E-state index contributed by atoms with van der Waals surface area (Å²) in [5.74, 6) is -3.78. The van der Waals surface area contributed by atoms with Crippen LogP contribution in [0.25, 0.3) is 0 Å². The van der Waals surface area contributed by atoms with E-state index in [4.69, 9.17) is 0 Å². The van der Waals surface area contributed by atoms with E-state index in [1.165, 1.54) is 0 Å². The molecule has 0 nitrogen and oxygen atoms in total. The molecule has 0 fully saturated rings. The van der Waals surface area contributed by atoms with Crippen LogP contribution < -0.4 is 0 Å². The molecular weight excluding hydrogens is 341 g/mol. The molecule has 2 aromatic carbocycles. The summed E-state index contributed by atoms with van der Waals surface area (Å²) in [6.07, 6.45) is 0. The van der Waals surface area contributed by atoms with E-state index < -0.39 is 17.5 Å². The number of hydrogen-bond acceptors (Lipinski definition) is 0. The number of aryl methyl sites for hydroxylation is 2. The Morgan fingerprint density at radius 3 is 1.67 bits per heavy atom. The third-order valence-corrected chi connectivity index (χ3v) is 4.96. The minimum Gasteiger partial charge on any atom is -0.204 e. The molecule has 0 saturated heterocycles. The van der Waals surface area contributed by atoms with Gasteiger partial charge >= 0.3 is 0 Å². The zero-order chi connectivity index (χ0) is 15.9. The average Bonchev–Trinajstić information content (AvgIpc) is 2.42. The van der Waals surface area contributed by atoms with Crippen LogP contribution in [-0.2, 0) is 0 Å². The van der Waals surface area contributed by atoms with Crippen molar-refractivity contribution in [1.82, 2.24) is 0 Å². The highest BCUT2D eigenvalue weighted by molar-refractivity contribution is 9.09. The zero-order valence-corrected chi connectivity index (χ0v) is 13.9. The Balaban J connectivity index is 2.63. The van der Waals surface area contributed by atoms with Crippen molar-refractivity contribution in [3.05, 3.63) is 69.0 Å². The van der Waals surface area contributed by atoms with Gasteiger partial charge in [-0.1, -0.05) is 22.0 Å². The topological polar surface area (TPSA) is 0 Å². The van der Waals surface area contributed by atoms with E-state index in [9.17, 15) is 13.2 Å². The predicted molar refractivity (Wildman–Crippen MR) is 82.5 cm³/mol. The maximum absolute atomic E-state index is 13.4. The largest absolute Gasteiger partial charge is 0.204 e. The van der Waals surface area contributed by atoms with Crippen LogP contribution in [0.1, 0.15) is 38.2 Å². The fraction of sp³-hybridized carbons (Fsp3) is 0.294. The van der Waals surface area contributed by atoms with Gasteiger partial charge in [-0.3, -0.25) is 0 Å². The Hall–Kier alpha value is -1.29. The number of rotatable bonds is 2. The Labute approximate surface area is 131 Å². The quantitative estimate of drug-likeness (QED) is 0.469. The molecule has 112 valence electrons. The summed E-state index contributed by atoms with van der Waals surface area (Å²) in [6.45, 7) is 7.94. The summed E-state index contributed by atoms with van der Waals surface area (Å²) >= 11 is 3.50. The van der Waals surface area contributed by atoms with Crippen molar-refractivity contribution in [1.29, 1.82) is 0 Å². The fourth-order valence-electron chi connectivity index (χ4n) is 2.52. The third-order valence-electron chi connectivity index (χ3n) is 3.98. The molecule has 4 heteroatoms. The van der Waals surface area contributed by atoms with Crippen LogP contribution in [0, 0.1) is 45.1 Å². The van der Waals surface area contributed by atoms with E-state index in [0.29, 0.717) is 5.56 Å². The molecule has 0 aromatic heterocycles. The second kappa shape index (κ2) is 5.84. The number of alkyl halides is 1. The van der Waals surface area contributed by atoms with E-state index in [-0.39, 0.29) is 4.83 Å². The van der Waals surface area contributed by atoms with E-state index in [2.05, 4.69) is 22.0 Å². The summed E-state index contributed by atoms with van der Waals surface area (Å²) in [5, 5.41) is 0. The van der Waals surface area contributed by atoms with Crippen molar-refractivity contribution in [2.75, 3.05) is 0 Å². The summed E-state index contributed by atoms with van der Waals surface area (Å²) < 4.78 is 40.0. The van der Waals surface area contributed by atoms with Crippen LogP contribution >= 0.6 is 15.9 Å².